The Morgan fingerprint density at radius 1 is 1.50 bits per heavy atom. The monoisotopic (exact) mass is 268 g/mol. The first-order valence-corrected chi connectivity index (χ1v) is 5.86. The van der Waals surface area contributed by atoms with Crippen LogP contribution in [0, 0.1) is 0 Å². The fourth-order valence-electron chi connectivity index (χ4n) is 1.45. The van der Waals surface area contributed by atoms with E-state index in [-0.39, 0.29) is 11.0 Å². The van der Waals surface area contributed by atoms with E-state index in [1.54, 1.807) is 12.4 Å². The van der Waals surface area contributed by atoms with Crippen LogP contribution in [0.15, 0.2) is 12.4 Å². The van der Waals surface area contributed by atoms with Crippen molar-refractivity contribution in [2.75, 3.05) is 25.6 Å². The van der Waals surface area contributed by atoms with Gasteiger partial charge in [-0.2, -0.15) is 0 Å². The second-order valence-corrected chi connectivity index (χ2v) is 4.13. The Balaban J connectivity index is 2.64. The van der Waals surface area contributed by atoms with Crippen LogP contribution >= 0.6 is 12.2 Å². The number of rotatable bonds is 6. The van der Waals surface area contributed by atoms with E-state index in [0.717, 1.165) is 0 Å². The lowest BCUT2D eigenvalue weighted by Gasteiger charge is -2.19. The number of hydrogen-bond acceptors (Lipinski definition) is 6. The zero-order valence-corrected chi connectivity index (χ0v) is 11.2. The normalized spacial score (nSPS) is 9.89. The van der Waals surface area contributed by atoms with Crippen molar-refractivity contribution in [3.8, 4) is 0 Å². The average molecular weight is 268 g/mol. The van der Waals surface area contributed by atoms with Gasteiger partial charge in [0.2, 0.25) is 0 Å². The summed E-state index contributed by atoms with van der Waals surface area (Å²) in [6.07, 6.45) is 4.15. The molecule has 18 heavy (non-hydrogen) atoms. The number of aromatic nitrogens is 2. The van der Waals surface area contributed by atoms with Gasteiger partial charge in [-0.3, -0.25) is 4.79 Å². The topological polar surface area (TPSA) is 81.3 Å². The number of carbonyl (C=O) groups excluding carboxylic acids is 1. The van der Waals surface area contributed by atoms with Gasteiger partial charge in [-0.15, -0.1) is 0 Å². The van der Waals surface area contributed by atoms with E-state index in [1.165, 1.54) is 7.11 Å². The zero-order valence-electron chi connectivity index (χ0n) is 10.4. The highest BCUT2D eigenvalue weighted by Crippen LogP contribution is 2.13. The molecular formula is C11H16N4O2S. The number of ether oxygens (including phenoxy) is 1. The molecule has 0 aliphatic rings. The van der Waals surface area contributed by atoms with Gasteiger partial charge in [-0.1, -0.05) is 12.2 Å². The Morgan fingerprint density at radius 2 is 2.17 bits per heavy atom. The molecule has 0 aromatic carbocycles. The third kappa shape index (κ3) is 3.92. The summed E-state index contributed by atoms with van der Waals surface area (Å²) in [6, 6.07) is 0. The molecule has 0 spiro atoms. The minimum atomic E-state index is -0.225. The Kier molecular flexibility index (Phi) is 5.44. The Labute approximate surface area is 111 Å². The summed E-state index contributed by atoms with van der Waals surface area (Å²) in [4.78, 5) is 21.4. The predicted molar refractivity (Wildman–Crippen MR) is 72.4 cm³/mol. The van der Waals surface area contributed by atoms with Gasteiger partial charge >= 0.3 is 5.97 Å². The number of carbonyl (C=O) groups is 1. The van der Waals surface area contributed by atoms with Crippen molar-refractivity contribution in [3.05, 3.63) is 18.1 Å². The zero-order chi connectivity index (χ0) is 13.5. The molecular weight excluding hydrogens is 252 g/mol. The van der Waals surface area contributed by atoms with Gasteiger partial charge in [-0.25, -0.2) is 9.97 Å². The first-order valence-electron chi connectivity index (χ1n) is 5.45. The van der Waals surface area contributed by atoms with E-state index in [9.17, 15) is 4.79 Å². The molecule has 0 bridgehead atoms. The first-order chi connectivity index (χ1) is 8.56. The second-order valence-electron chi connectivity index (χ2n) is 3.69. The molecule has 1 aromatic heterocycles. The number of methoxy groups -OCH3 is 1. The van der Waals surface area contributed by atoms with Gasteiger partial charge in [0, 0.05) is 32.4 Å². The number of nitrogens with two attached hydrogens (primary N) is 1. The molecule has 0 aliphatic carbocycles. The molecule has 2 N–H and O–H groups in total. The molecule has 0 aliphatic heterocycles. The lowest BCUT2D eigenvalue weighted by Crippen LogP contribution is -2.25. The molecule has 1 aromatic rings. The lowest BCUT2D eigenvalue weighted by atomic mass is 10.3. The number of hydrogen-bond donors (Lipinski definition) is 1. The maximum Gasteiger partial charge on any atom is 0.305 e. The molecule has 0 saturated heterocycles. The van der Waals surface area contributed by atoms with E-state index in [4.69, 9.17) is 18.0 Å². The summed E-state index contributed by atoms with van der Waals surface area (Å²) in [6.45, 7) is 0.642. The van der Waals surface area contributed by atoms with Gasteiger partial charge in [0.05, 0.1) is 7.11 Å². The number of thiocarbonyl (C=S) groups is 1. The highest BCUT2D eigenvalue weighted by Gasteiger charge is 2.12. The Hall–Kier alpha value is -1.76. The predicted octanol–water partition coefficient (Wildman–Crippen LogP) is 0.500. The van der Waals surface area contributed by atoms with E-state index in [2.05, 4.69) is 14.7 Å². The van der Waals surface area contributed by atoms with Crippen LogP contribution in [-0.2, 0) is 9.53 Å². The molecule has 0 saturated carbocycles. The van der Waals surface area contributed by atoms with Gasteiger partial charge in [0.1, 0.15) is 10.7 Å². The quantitative estimate of drug-likeness (QED) is 0.594. The van der Waals surface area contributed by atoms with Crippen LogP contribution in [0.25, 0.3) is 0 Å². The lowest BCUT2D eigenvalue weighted by molar-refractivity contribution is -0.140. The summed E-state index contributed by atoms with van der Waals surface area (Å²) in [5, 5.41) is 0. The van der Waals surface area contributed by atoms with E-state index in [1.807, 2.05) is 11.9 Å². The van der Waals surface area contributed by atoms with Crippen molar-refractivity contribution in [1.29, 1.82) is 0 Å². The van der Waals surface area contributed by atoms with Crippen molar-refractivity contribution in [3.63, 3.8) is 0 Å². The molecule has 0 radical (unpaired) electrons. The Morgan fingerprint density at radius 3 is 2.78 bits per heavy atom. The molecule has 0 fully saturated rings. The van der Waals surface area contributed by atoms with Crippen molar-refractivity contribution in [1.82, 2.24) is 9.97 Å². The van der Waals surface area contributed by atoms with E-state index >= 15 is 0 Å². The molecule has 7 heteroatoms. The van der Waals surface area contributed by atoms with E-state index in [0.29, 0.717) is 30.9 Å². The van der Waals surface area contributed by atoms with Crippen molar-refractivity contribution in [2.45, 2.75) is 12.8 Å². The molecule has 6 nitrogen and oxygen atoms in total. The van der Waals surface area contributed by atoms with Crippen LogP contribution in [0.4, 0.5) is 5.82 Å². The van der Waals surface area contributed by atoms with Gasteiger partial charge in [0.25, 0.3) is 0 Å². The molecule has 0 amide bonds. The van der Waals surface area contributed by atoms with Crippen LogP contribution in [0.5, 0.6) is 0 Å². The van der Waals surface area contributed by atoms with Gasteiger partial charge in [0.15, 0.2) is 5.82 Å². The molecule has 0 unspecified atom stereocenters. The largest absolute Gasteiger partial charge is 0.469 e. The smallest absolute Gasteiger partial charge is 0.305 e. The summed E-state index contributed by atoms with van der Waals surface area (Å²) in [5.74, 6) is 0.395. The number of nitrogens with zero attached hydrogens (tertiary/aromatic N) is 3. The minimum Gasteiger partial charge on any atom is -0.469 e. The molecule has 0 atom stereocenters. The highest BCUT2D eigenvalue weighted by molar-refractivity contribution is 7.80. The third-order valence-electron chi connectivity index (χ3n) is 2.38. The third-order valence-corrected chi connectivity index (χ3v) is 2.57. The summed E-state index contributed by atoms with van der Waals surface area (Å²) in [5.41, 5.74) is 6.07. The van der Waals surface area contributed by atoms with Crippen LogP contribution in [0.2, 0.25) is 0 Å². The second kappa shape index (κ2) is 6.85. The van der Waals surface area contributed by atoms with Crippen molar-refractivity contribution >= 4 is 29.0 Å². The first kappa shape index (κ1) is 14.3. The van der Waals surface area contributed by atoms with Crippen LogP contribution in [0.1, 0.15) is 18.5 Å². The molecule has 98 valence electrons. The summed E-state index contributed by atoms with van der Waals surface area (Å²) in [7, 11) is 3.22. The Bertz CT molecular complexity index is 439. The number of anilines is 1. The van der Waals surface area contributed by atoms with Crippen LogP contribution in [0.3, 0.4) is 0 Å². The minimum absolute atomic E-state index is 0.206. The van der Waals surface area contributed by atoms with E-state index < -0.39 is 0 Å². The summed E-state index contributed by atoms with van der Waals surface area (Å²) < 4.78 is 4.57. The van der Waals surface area contributed by atoms with Crippen LogP contribution < -0.4 is 10.6 Å². The standard InChI is InChI=1S/C11H16N4O2S/c1-15(7-3-4-8(16)17-2)11-9(10(12)18)13-5-6-14-11/h5-6H,3-4,7H2,1-2H3,(H2,12,18). The van der Waals surface area contributed by atoms with Crippen LogP contribution in [-0.4, -0.2) is 41.6 Å². The highest BCUT2D eigenvalue weighted by atomic mass is 32.1. The fraction of sp³-hybridized carbons (Fsp3) is 0.455. The van der Waals surface area contributed by atoms with Gasteiger partial charge < -0.3 is 15.4 Å². The SMILES string of the molecule is COC(=O)CCCN(C)c1nccnc1C(N)=S. The fourth-order valence-corrected chi connectivity index (χ4v) is 1.60. The maximum absolute atomic E-state index is 11.0. The number of esters is 1. The van der Waals surface area contributed by atoms with Crippen molar-refractivity contribution in [2.24, 2.45) is 5.73 Å². The summed E-state index contributed by atoms with van der Waals surface area (Å²) >= 11 is 4.92. The molecule has 1 rings (SSSR count). The molecule has 1 heterocycles. The average Bonchev–Trinajstić information content (AvgIpc) is 2.38. The maximum atomic E-state index is 11.0. The van der Waals surface area contributed by atoms with Crippen molar-refractivity contribution < 1.29 is 9.53 Å². The van der Waals surface area contributed by atoms with Gasteiger partial charge in [-0.05, 0) is 6.42 Å².